The lowest BCUT2D eigenvalue weighted by Gasteiger charge is -2.11. The van der Waals surface area contributed by atoms with E-state index in [1.165, 1.54) is 0 Å². The Labute approximate surface area is 112 Å². The van der Waals surface area contributed by atoms with Crippen LogP contribution >= 0.6 is 0 Å². The molecule has 108 valence electrons. The number of ether oxygens (including phenoxy) is 1. The maximum Gasteiger partial charge on any atom is 0.221 e. The summed E-state index contributed by atoms with van der Waals surface area (Å²) in [5.74, 6) is 0.819. The molecule has 18 heavy (non-hydrogen) atoms. The van der Waals surface area contributed by atoms with Crippen LogP contribution in [-0.2, 0) is 9.53 Å². The molecule has 4 nitrogen and oxygen atoms in total. The highest BCUT2D eigenvalue weighted by Gasteiger charge is 2.04. The smallest absolute Gasteiger partial charge is 0.221 e. The fourth-order valence-corrected chi connectivity index (χ4v) is 1.34. The number of carbonyl (C=O) groups excluding carboxylic acids is 1. The lowest BCUT2D eigenvalue weighted by molar-refractivity contribution is -0.121. The molecule has 0 bridgehead atoms. The minimum atomic E-state index is 0.123. The molecule has 0 aromatic carbocycles. The van der Waals surface area contributed by atoms with Gasteiger partial charge >= 0.3 is 0 Å². The molecule has 1 amide bonds. The van der Waals surface area contributed by atoms with Gasteiger partial charge in [-0.05, 0) is 25.7 Å². The highest BCUT2D eigenvalue weighted by Crippen LogP contribution is 1.98. The average Bonchev–Trinajstić information content (AvgIpc) is 2.31. The Bertz CT molecular complexity index is 208. The minimum Gasteiger partial charge on any atom is -0.380 e. The lowest BCUT2D eigenvalue weighted by Crippen LogP contribution is -2.34. The van der Waals surface area contributed by atoms with E-state index in [9.17, 15) is 4.79 Å². The predicted octanol–water partition coefficient (Wildman–Crippen LogP) is 1.94. The second kappa shape index (κ2) is 11.5. The maximum atomic E-state index is 11.4. The Kier molecular flexibility index (Phi) is 11.1. The van der Waals surface area contributed by atoms with Crippen LogP contribution in [0.3, 0.4) is 0 Å². The van der Waals surface area contributed by atoms with Gasteiger partial charge in [0.15, 0.2) is 0 Å². The van der Waals surface area contributed by atoms with Crippen molar-refractivity contribution in [1.82, 2.24) is 10.6 Å². The summed E-state index contributed by atoms with van der Waals surface area (Å²) in [7, 11) is 0. The number of hydrogen-bond donors (Lipinski definition) is 2. The molecule has 0 saturated carbocycles. The largest absolute Gasteiger partial charge is 0.380 e. The number of amides is 1. The number of nitrogens with one attached hydrogen (secondary N) is 2. The molecular formula is C14H30N2O2. The van der Waals surface area contributed by atoms with Gasteiger partial charge in [-0.1, -0.05) is 20.8 Å². The average molecular weight is 258 g/mol. The van der Waals surface area contributed by atoms with E-state index in [1.54, 1.807) is 0 Å². The van der Waals surface area contributed by atoms with E-state index in [0.717, 1.165) is 39.1 Å². The van der Waals surface area contributed by atoms with Crippen molar-refractivity contribution in [1.29, 1.82) is 0 Å². The van der Waals surface area contributed by atoms with E-state index in [2.05, 4.69) is 31.4 Å². The zero-order valence-electron chi connectivity index (χ0n) is 12.4. The Balaban J connectivity index is 3.22. The lowest BCUT2D eigenvalue weighted by atomic mass is 10.1. The van der Waals surface area contributed by atoms with Gasteiger partial charge in [-0.3, -0.25) is 4.79 Å². The molecule has 0 aliphatic rings. The van der Waals surface area contributed by atoms with Crippen molar-refractivity contribution < 1.29 is 9.53 Å². The van der Waals surface area contributed by atoms with Crippen LogP contribution in [0.2, 0.25) is 0 Å². The standard InChI is InChI=1S/C14H30N2O2/c1-5-13(4)16-14(17)6-8-15-9-11-18-10-7-12(2)3/h12-13,15H,5-11H2,1-4H3,(H,16,17). The summed E-state index contributed by atoms with van der Waals surface area (Å²) in [4.78, 5) is 11.4. The summed E-state index contributed by atoms with van der Waals surface area (Å²) in [6, 6.07) is 0.275. The van der Waals surface area contributed by atoms with E-state index in [1.807, 2.05) is 6.92 Å². The molecule has 0 rings (SSSR count). The van der Waals surface area contributed by atoms with Crippen LogP contribution < -0.4 is 10.6 Å². The molecule has 1 unspecified atom stereocenters. The minimum absolute atomic E-state index is 0.123. The Hall–Kier alpha value is -0.610. The molecule has 0 saturated heterocycles. The van der Waals surface area contributed by atoms with Gasteiger partial charge < -0.3 is 15.4 Å². The van der Waals surface area contributed by atoms with E-state index in [0.29, 0.717) is 12.3 Å². The molecule has 0 aromatic heterocycles. The van der Waals surface area contributed by atoms with Gasteiger partial charge in [0.05, 0.1) is 6.61 Å². The van der Waals surface area contributed by atoms with Crippen molar-refractivity contribution in [2.45, 2.75) is 53.0 Å². The Morgan fingerprint density at radius 2 is 1.89 bits per heavy atom. The number of rotatable bonds is 11. The van der Waals surface area contributed by atoms with Crippen LogP contribution in [0.1, 0.15) is 47.0 Å². The molecule has 0 aromatic rings. The monoisotopic (exact) mass is 258 g/mol. The highest BCUT2D eigenvalue weighted by atomic mass is 16.5. The van der Waals surface area contributed by atoms with E-state index >= 15 is 0 Å². The third-order valence-corrected chi connectivity index (χ3v) is 2.81. The van der Waals surface area contributed by atoms with Gasteiger partial charge in [0.1, 0.15) is 0 Å². The highest BCUT2D eigenvalue weighted by molar-refractivity contribution is 5.76. The molecule has 4 heteroatoms. The molecule has 1 atom stereocenters. The molecule has 2 N–H and O–H groups in total. The first-order valence-electron chi connectivity index (χ1n) is 7.14. The van der Waals surface area contributed by atoms with Crippen LogP contribution in [-0.4, -0.2) is 38.3 Å². The summed E-state index contributed by atoms with van der Waals surface area (Å²) in [6.45, 7) is 11.6. The SMILES string of the molecule is CCC(C)NC(=O)CCNCCOCCC(C)C. The predicted molar refractivity (Wildman–Crippen MR) is 75.7 cm³/mol. The second-order valence-corrected chi connectivity index (χ2v) is 5.17. The van der Waals surface area contributed by atoms with E-state index < -0.39 is 0 Å². The van der Waals surface area contributed by atoms with E-state index in [4.69, 9.17) is 4.74 Å². The first-order valence-corrected chi connectivity index (χ1v) is 7.14. The van der Waals surface area contributed by atoms with Crippen LogP contribution in [0.15, 0.2) is 0 Å². The maximum absolute atomic E-state index is 11.4. The summed E-state index contributed by atoms with van der Waals surface area (Å²) in [6.07, 6.45) is 2.62. The van der Waals surface area contributed by atoms with Gasteiger partial charge in [-0.2, -0.15) is 0 Å². The van der Waals surface area contributed by atoms with Crippen molar-refractivity contribution in [3.8, 4) is 0 Å². The van der Waals surface area contributed by atoms with Crippen molar-refractivity contribution in [3.63, 3.8) is 0 Å². The number of carbonyl (C=O) groups is 1. The zero-order chi connectivity index (χ0) is 13.8. The van der Waals surface area contributed by atoms with Gasteiger partial charge in [-0.25, -0.2) is 0 Å². The van der Waals surface area contributed by atoms with Gasteiger partial charge in [0, 0.05) is 32.2 Å². The first kappa shape index (κ1) is 17.4. The van der Waals surface area contributed by atoms with Crippen molar-refractivity contribution in [3.05, 3.63) is 0 Å². The molecule has 0 spiro atoms. The van der Waals surface area contributed by atoms with Gasteiger partial charge in [-0.15, -0.1) is 0 Å². The molecule has 0 aliphatic heterocycles. The first-order chi connectivity index (χ1) is 8.56. The fourth-order valence-electron chi connectivity index (χ4n) is 1.34. The second-order valence-electron chi connectivity index (χ2n) is 5.17. The topological polar surface area (TPSA) is 50.4 Å². The Morgan fingerprint density at radius 1 is 1.17 bits per heavy atom. The van der Waals surface area contributed by atoms with Crippen molar-refractivity contribution in [2.75, 3.05) is 26.3 Å². The van der Waals surface area contributed by atoms with Crippen LogP contribution in [0.25, 0.3) is 0 Å². The van der Waals surface area contributed by atoms with Crippen molar-refractivity contribution in [2.24, 2.45) is 5.92 Å². The zero-order valence-corrected chi connectivity index (χ0v) is 12.4. The third kappa shape index (κ3) is 11.9. The van der Waals surface area contributed by atoms with Gasteiger partial charge in [0.25, 0.3) is 0 Å². The molecule has 0 radical (unpaired) electrons. The number of hydrogen-bond acceptors (Lipinski definition) is 3. The van der Waals surface area contributed by atoms with Crippen molar-refractivity contribution >= 4 is 5.91 Å². The normalized spacial score (nSPS) is 12.7. The summed E-state index contributed by atoms with van der Waals surface area (Å²) >= 11 is 0. The Morgan fingerprint density at radius 3 is 2.50 bits per heavy atom. The van der Waals surface area contributed by atoms with Crippen LogP contribution in [0, 0.1) is 5.92 Å². The quantitative estimate of drug-likeness (QED) is 0.557. The molecule has 0 aliphatic carbocycles. The van der Waals surface area contributed by atoms with E-state index in [-0.39, 0.29) is 11.9 Å². The molecule has 0 fully saturated rings. The fraction of sp³-hybridized carbons (Fsp3) is 0.929. The molecule has 0 heterocycles. The summed E-state index contributed by atoms with van der Waals surface area (Å²) < 4.78 is 5.47. The summed E-state index contributed by atoms with van der Waals surface area (Å²) in [5, 5.41) is 6.15. The third-order valence-electron chi connectivity index (χ3n) is 2.81. The molecular weight excluding hydrogens is 228 g/mol. The summed E-state index contributed by atoms with van der Waals surface area (Å²) in [5.41, 5.74) is 0. The van der Waals surface area contributed by atoms with Crippen LogP contribution in [0.4, 0.5) is 0 Å². The van der Waals surface area contributed by atoms with Crippen LogP contribution in [0.5, 0.6) is 0 Å². The van der Waals surface area contributed by atoms with Gasteiger partial charge in [0.2, 0.25) is 5.91 Å².